The average Bonchev–Trinajstić information content (AvgIpc) is 2.81. The number of sulfone groups is 1. The predicted molar refractivity (Wildman–Crippen MR) is 85.1 cm³/mol. The molecule has 0 aliphatic carbocycles. The van der Waals surface area contributed by atoms with E-state index in [1.54, 1.807) is 17.7 Å². The van der Waals surface area contributed by atoms with Gasteiger partial charge in [-0.2, -0.15) is 0 Å². The van der Waals surface area contributed by atoms with Gasteiger partial charge in [0, 0.05) is 24.2 Å². The van der Waals surface area contributed by atoms with Crippen LogP contribution in [0.3, 0.4) is 0 Å². The molecule has 0 saturated heterocycles. The van der Waals surface area contributed by atoms with Gasteiger partial charge in [-0.1, -0.05) is 6.07 Å². The summed E-state index contributed by atoms with van der Waals surface area (Å²) in [6.45, 7) is 7.72. The lowest BCUT2D eigenvalue weighted by molar-refractivity contribution is 0.101. The maximum Gasteiger partial charge on any atom is 0.227 e. The van der Waals surface area contributed by atoms with Crippen LogP contribution in [0.1, 0.15) is 39.5 Å². The van der Waals surface area contributed by atoms with Gasteiger partial charge in [0.25, 0.3) is 0 Å². The van der Waals surface area contributed by atoms with Gasteiger partial charge in [0.15, 0.2) is 5.78 Å². The lowest BCUT2D eigenvalue weighted by Crippen LogP contribution is -2.13. The molecule has 0 atom stereocenters. The van der Waals surface area contributed by atoms with Gasteiger partial charge >= 0.3 is 0 Å². The molecule has 0 N–H and O–H groups in total. The Kier molecular flexibility index (Phi) is 4.24. The summed E-state index contributed by atoms with van der Waals surface area (Å²) in [5.41, 5.74) is 4.55. The predicted octanol–water partition coefficient (Wildman–Crippen LogP) is 2.46. The Hall–Kier alpha value is -1.95. The van der Waals surface area contributed by atoms with E-state index in [1.165, 1.54) is 6.20 Å². The van der Waals surface area contributed by atoms with Crippen LogP contribution in [-0.4, -0.2) is 30.0 Å². The monoisotopic (exact) mass is 320 g/mol. The van der Waals surface area contributed by atoms with Crippen LogP contribution in [0.25, 0.3) is 0 Å². The zero-order valence-electron chi connectivity index (χ0n) is 13.5. The average molecular weight is 320 g/mol. The van der Waals surface area contributed by atoms with Crippen LogP contribution in [0, 0.1) is 20.8 Å². The Morgan fingerprint density at radius 3 is 2.41 bits per heavy atom. The summed E-state index contributed by atoms with van der Waals surface area (Å²) in [5, 5.41) is 0.0382. The molecular formula is C16H20N2O3S. The third-order valence-electron chi connectivity index (χ3n) is 3.82. The van der Waals surface area contributed by atoms with Crippen molar-refractivity contribution in [3.05, 3.63) is 46.3 Å². The number of hydrogen-bond acceptors (Lipinski definition) is 4. The van der Waals surface area contributed by atoms with Crippen molar-refractivity contribution in [1.82, 2.24) is 9.55 Å². The van der Waals surface area contributed by atoms with Gasteiger partial charge in [-0.15, -0.1) is 0 Å². The highest BCUT2D eigenvalue weighted by atomic mass is 32.2. The van der Waals surface area contributed by atoms with E-state index in [0.29, 0.717) is 12.1 Å². The molecule has 0 saturated carbocycles. The third-order valence-corrected chi connectivity index (χ3v) is 4.82. The lowest BCUT2D eigenvalue weighted by Gasteiger charge is -2.17. The summed E-state index contributed by atoms with van der Waals surface area (Å²) < 4.78 is 25.1. The van der Waals surface area contributed by atoms with E-state index in [4.69, 9.17) is 0 Å². The van der Waals surface area contributed by atoms with Crippen LogP contribution in [0.4, 0.5) is 0 Å². The Balaban J connectivity index is 2.59. The number of aryl methyl sites for hydroxylation is 2. The molecule has 2 rings (SSSR count). The van der Waals surface area contributed by atoms with Gasteiger partial charge in [-0.25, -0.2) is 13.4 Å². The molecule has 6 heteroatoms. The standard InChI is InChI=1S/C16H20N2O3S/c1-10-8-11(2)15(13(4)19)12(3)14(10)9-18-7-6-17-16(18)22(5,20)21/h6-8H,9H2,1-5H3. The molecule has 1 aromatic carbocycles. The molecule has 0 fully saturated rings. The number of aromatic nitrogens is 2. The second kappa shape index (κ2) is 5.68. The van der Waals surface area contributed by atoms with Crippen molar-refractivity contribution in [3.63, 3.8) is 0 Å². The van der Waals surface area contributed by atoms with Crippen LogP contribution in [0.15, 0.2) is 23.6 Å². The van der Waals surface area contributed by atoms with E-state index in [1.807, 2.05) is 26.8 Å². The number of benzene rings is 1. The SMILES string of the molecule is CC(=O)c1c(C)cc(C)c(Cn2ccnc2S(C)(=O)=O)c1C. The van der Waals surface area contributed by atoms with Crippen molar-refractivity contribution >= 4 is 15.6 Å². The molecule has 0 unspecified atom stereocenters. The van der Waals surface area contributed by atoms with Gasteiger partial charge in [0.1, 0.15) is 0 Å². The fourth-order valence-electron chi connectivity index (χ4n) is 2.93. The minimum Gasteiger partial charge on any atom is -0.318 e. The molecule has 5 nitrogen and oxygen atoms in total. The smallest absolute Gasteiger partial charge is 0.227 e. The molecule has 0 bridgehead atoms. The number of carbonyl (C=O) groups is 1. The highest BCUT2D eigenvalue weighted by molar-refractivity contribution is 7.90. The van der Waals surface area contributed by atoms with Gasteiger partial charge in [0.05, 0.1) is 6.54 Å². The maximum absolute atomic E-state index is 11.9. The molecule has 1 aromatic heterocycles. The molecule has 2 aromatic rings. The summed E-state index contributed by atoms with van der Waals surface area (Å²) in [6.07, 6.45) is 4.26. The Morgan fingerprint density at radius 1 is 1.23 bits per heavy atom. The number of ketones is 1. The van der Waals surface area contributed by atoms with E-state index in [-0.39, 0.29) is 10.9 Å². The molecule has 22 heavy (non-hydrogen) atoms. The maximum atomic E-state index is 11.9. The third kappa shape index (κ3) is 2.97. The minimum atomic E-state index is -3.39. The summed E-state index contributed by atoms with van der Waals surface area (Å²) in [4.78, 5) is 15.8. The first-order valence-electron chi connectivity index (χ1n) is 6.94. The first kappa shape index (κ1) is 16.4. The van der Waals surface area contributed by atoms with Crippen molar-refractivity contribution in [2.75, 3.05) is 6.26 Å². The second-order valence-corrected chi connectivity index (χ2v) is 7.56. The van der Waals surface area contributed by atoms with Gasteiger partial charge < -0.3 is 4.57 Å². The van der Waals surface area contributed by atoms with Gasteiger partial charge in [0.2, 0.25) is 15.0 Å². The molecule has 0 amide bonds. The fraction of sp³-hybridized carbons (Fsp3) is 0.375. The zero-order chi connectivity index (χ0) is 16.7. The van der Waals surface area contributed by atoms with Crippen molar-refractivity contribution < 1.29 is 13.2 Å². The molecule has 118 valence electrons. The van der Waals surface area contributed by atoms with Crippen LogP contribution in [0.2, 0.25) is 0 Å². The van der Waals surface area contributed by atoms with Gasteiger partial charge in [-0.05, 0) is 49.9 Å². The highest BCUT2D eigenvalue weighted by Gasteiger charge is 2.18. The minimum absolute atomic E-state index is 0.0187. The van der Waals surface area contributed by atoms with Gasteiger partial charge in [-0.3, -0.25) is 4.79 Å². The first-order valence-corrected chi connectivity index (χ1v) is 8.84. The lowest BCUT2D eigenvalue weighted by atomic mass is 9.91. The number of Topliss-reactive ketones (excluding diaryl/α,β-unsaturated/α-hetero) is 1. The molecule has 0 spiro atoms. The van der Waals surface area contributed by atoms with Crippen molar-refractivity contribution in [3.8, 4) is 0 Å². The molecular weight excluding hydrogens is 300 g/mol. The van der Waals surface area contributed by atoms with Crippen LogP contribution in [0.5, 0.6) is 0 Å². The fourth-order valence-corrected chi connectivity index (χ4v) is 3.73. The van der Waals surface area contributed by atoms with Crippen LogP contribution >= 0.6 is 0 Å². The summed E-state index contributed by atoms with van der Waals surface area (Å²) in [5.74, 6) is 0.0187. The Bertz CT molecular complexity index is 849. The molecule has 1 heterocycles. The highest BCUT2D eigenvalue weighted by Crippen LogP contribution is 2.24. The summed E-state index contributed by atoms with van der Waals surface area (Å²) >= 11 is 0. The van der Waals surface area contributed by atoms with E-state index in [2.05, 4.69) is 4.98 Å². The topological polar surface area (TPSA) is 69.0 Å². The van der Waals surface area contributed by atoms with Crippen LogP contribution in [-0.2, 0) is 16.4 Å². The zero-order valence-corrected chi connectivity index (χ0v) is 14.3. The quantitative estimate of drug-likeness (QED) is 0.812. The first-order chi connectivity index (χ1) is 10.1. The van der Waals surface area contributed by atoms with Crippen molar-refractivity contribution in [1.29, 1.82) is 0 Å². The normalized spacial score (nSPS) is 11.7. The molecule has 0 aliphatic rings. The van der Waals surface area contributed by atoms with E-state index >= 15 is 0 Å². The van der Waals surface area contributed by atoms with Crippen molar-refractivity contribution in [2.24, 2.45) is 0 Å². The Labute approximate surface area is 130 Å². The molecule has 0 aliphatic heterocycles. The number of nitrogens with zero attached hydrogens (tertiary/aromatic N) is 2. The summed E-state index contributed by atoms with van der Waals surface area (Å²) in [6, 6.07) is 1.97. The molecule has 0 radical (unpaired) electrons. The van der Waals surface area contributed by atoms with Crippen molar-refractivity contribution in [2.45, 2.75) is 39.4 Å². The summed E-state index contributed by atoms with van der Waals surface area (Å²) in [7, 11) is -3.39. The number of carbonyl (C=O) groups excluding carboxylic acids is 1. The van der Waals surface area contributed by atoms with E-state index in [9.17, 15) is 13.2 Å². The van der Waals surface area contributed by atoms with E-state index < -0.39 is 9.84 Å². The van der Waals surface area contributed by atoms with Crippen LogP contribution < -0.4 is 0 Å². The van der Waals surface area contributed by atoms with E-state index in [0.717, 1.165) is 28.5 Å². The largest absolute Gasteiger partial charge is 0.318 e. The number of rotatable bonds is 4. The number of hydrogen-bond donors (Lipinski definition) is 0. The Morgan fingerprint density at radius 2 is 1.86 bits per heavy atom. The number of imidazole rings is 1. The second-order valence-electron chi connectivity index (χ2n) is 5.65.